The van der Waals surface area contributed by atoms with Crippen molar-refractivity contribution in [3.8, 4) is 5.75 Å². The fourth-order valence-electron chi connectivity index (χ4n) is 2.19. The molecule has 2 radical (unpaired) electrons. The molecule has 0 saturated carbocycles. The molecule has 0 bridgehead atoms. The van der Waals surface area contributed by atoms with Crippen molar-refractivity contribution in [3.05, 3.63) is 29.8 Å². The SMILES string of the molecule is CN1CCCC1.[B][C@@H](C(=O)OC(C)(C)C)c1ccc(OC)cc1. The van der Waals surface area contributed by atoms with Crippen LogP contribution in [0.1, 0.15) is 45.0 Å². The Morgan fingerprint density at radius 1 is 1.17 bits per heavy atom. The van der Waals surface area contributed by atoms with E-state index in [0.717, 1.165) is 5.75 Å². The van der Waals surface area contributed by atoms with Crippen molar-refractivity contribution < 1.29 is 14.3 Å². The number of benzene rings is 1. The van der Waals surface area contributed by atoms with Gasteiger partial charge in [-0.2, -0.15) is 0 Å². The van der Waals surface area contributed by atoms with Crippen molar-refractivity contribution in [2.75, 3.05) is 27.2 Å². The highest BCUT2D eigenvalue weighted by Crippen LogP contribution is 2.20. The standard InChI is InChI=1S/C13H17BO3.C5H11N/c1-13(2,3)17-12(15)11(14)9-5-7-10(16-4)8-6-9;1-6-4-2-3-5-6/h5-8,11H,1-4H3;2-5H2,1H3/t11-;/m1./s1. The van der Waals surface area contributed by atoms with Crippen LogP contribution < -0.4 is 4.74 Å². The number of likely N-dealkylation sites (tertiary alicyclic amines) is 1. The smallest absolute Gasteiger partial charge is 0.304 e. The summed E-state index contributed by atoms with van der Waals surface area (Å²) < 4.78 is 10.2. The predicted molar refractivity (Wildman–Crippen MR) is 94.1 cm³/mol. The van der Waals surface area contributed by atoms with Crippen LogP contribution in [0, 0.1) is 0 Å². The van der Waals surface area contributed by atoms with E-state index in [-0.39, 0.29) is 0 Å². The fraction of sp³-hybridized carbons (Fsp3) is 0.611. The van der Waals surface area contributed by atoms with Crippen LogP contribution in [0.2, 0.25) is 0 Å². The highest BCUT2D eigenvalue weighted by atomic mass is 16.6. The number of rotatable bonds is 3. The lowest BCUT2D eigenvalue weighted by Gasteiger charge is -2.22. The molecule has 1 saturated heterocycles. The second kappa shape index (κ2) is 8.97. The minimum Gasteiger partial charge on any atom is -0.497 e. The average Bonchev–Trinajstić information content (AvgIpc) is 2.96. The summed E-state index contributed by atoms with van der Waals surface area (Å²) in [5, 5.41) is 0. The van der Waals surface area contributed by atoms with Crippen LogP contribution in [-0.2, 0) is 9.53 Å². The first-order chi connectivity index (χ1) is 10.7. The van der Waals surface area contributed by atoms with Gasteiger partial charge in [-0.25, -0.2) is 0 Å². The van der Waals surface area contributed by atoms with Gasteiger partial charge in [-0.15, -0.1) is 0 Å². The van der Waals surface area contributed by atoms with Crippen LogP contribution in [0.5, 0.6) is 5.75 Å². The molecule has 0 aliphatic carbocycles. The molecular weight excluding hydrogens is 289 g/mol. The van der Waals surface area contributed by atoms with E-state index in [1.165, 1.54) is 25.9 Å². The van der Waals surface area contributed by atoms with Gasteiger partial charge in [0.1, 0.15) is 11.4 Å². The molecule has 1 aromatic rings. The minimum atomic E-state index is -0.764. The third-order valence-corrected chi connectivity index (χ3v) is 3.47. The van der Waals surface area contributed by atoms with Gasteiger partial charge in [-0.1, -0.05) is 12.1 Å². The number of hydrogen-bond acceptors (Lipinski definition) is 4. The number of carbonyl (C=O) groups excluding carboxylic acids is 1. The summed E-state index contributed by atoms with van der Waals surface area (Å²) in [6.07, 6.45) is 2.83. The van der Waals surface area contributed by atoms with Crippen molar-refractivity contribution in [1.82, 2.24) is 4.90 Å². The maximum atomic E-state index is 11.7. The highest BCUT2D eigenvalue weighted by Gasteiger charge is 2.22. The Morgan fingerprint density at radius 2 is 1.70 bits per heavy atom. The Morgan fingerprint density at radius 3 is 2.04 bits per heavy atom. The zero-order chi connectivity index (χ0) is 17.5. The lowest BCUT2D eigenvalue weighted by molar-refractivity contribution is -0.154. The van der Waals surface area contributed by atoms with Gasteiger partial charge in [0, 0.05) is 5.82 Å². The topological polar surface area (TPSA) is 38.8 Å². The Kier molecular flexibility index (Phi) is 7.63. The summed E-state index contributed by atoms with van der Waals surface area (Å²) in [6, 6.07) is 7.04. The van der Waals surface area contributed by atoms with Gasteiger partial charge < -0.3 is 14.4 Å². The highest BCUT2D eigenvalue weighted by molar-refractivity contribution is 6.23. The number of hydrogen-bond donors (Lipinski definition) is 0. The lowest BCUT2D eigenvalue weighted by Crippen LogP contribution is -2.27. The third kappa shape index (κ3) is 7.55. The van der Waals surface area contributed by atoms with E-state index in [1.807, 2.05) is 20.8 Å². The molecule has 126 valence electrons. The van der Waals surface area contributed by atoms with Crippen molar-refractivity contribution in [2.24, 2.45) is 0 Å². The molecule has 1 aliphatic rings. The van der Waals surface area contributed by atoms with Crippen molar-refractivity contribution in [3.63, 3.8) is 0 Å². The Balaban J connectivity index is 0.000000366. The molecule has 1 atom stereocenters. The van der Waals surface area contributed by atoms with E-state index in [9.17, 15) is 4.79 Å². The predicted octanol–water partition coefficient (Wildman–Crippen LogP) is 2.96. The summed E-state index contributed by atoms with van der Waals surface area (Å²) in [7, 11) is 9.58. The van der Waals surface area contributed by atoms with Gasteiger partial charge >= 0.3 is 5.97 Å². The largest absolute Gasteiger partial charge is 0.497 e. The van der Waals surface area contributed by atoms with Gasteiger partial charge in [0.15, 0.2) is 0 Å². The first-order valence-electron chi connectivity index (χ1n) is 8.04. The molecular formula is C18H28BNO3. The molecule has 0 spiro atoms. The van der Waals surface area contributed by atoms with Crippen LogP contribution in [0.25, 0.3) is 0 Å². The second-order valence-electron chi connectivity index (χ2n) is 6.79. The summed E-state index contributed by atoms with van der Waals surface area (Å²) in [5.41, 5.74) is 0.182. The van der Waals surface area contributed by atoms with Crippen molar-refractivity contribution >= 4 is 13.8 Å². The summed E-state index contributed by atoms with van der Waals surface area (Å²) in [6.45, 7) is 8.07. The van der Waals surface area contributed by atoms with Crippen LogP contribution in [0.3, 0.4) is 0 Å². The van der Waals surface area contributed by atoms with Crippen LogP contribution >= 0.6 is 0 Å². The number of esters is 1. The molecule has 4 nitrogen and oxygen atoms in total. The van der Waals surface area contributed by atoms with E-state index >= 15 is 0 Å². The van der Waals surface area contributed by atoms with E-state index in [0.29, 0.717) is 5.56 Å². The van der Waals surface area contributed by atoms with Crippen LogP contribution in [0.4, 0.5) is 0 Å². The fourth-order valence-corrected chi connectivity index (χ4v) is 2.19. The van der Waals surface area contributed by atoms with Gasteiger partial charge in [-0.3, -0.25) is 4.79 Å². The maximum Gasteiger partial charge on any atom is 0.304 e. The summed E-state index contributed by atoms with van der Waals surface area (Å²) in [5.74, 6) is -0.465. The molecule has 0 N–H and O–H groups in total. The number of ether oxygens (including phenoxy) is 2. The molecule has 5 heteroatoms. The molecule has 0 aromatic heterocycles. The van der Waals surface area contributed by atoms with Gasteiger partial charge in [0.25, 0.3) is 0 Å². The number of nitrogens with zero attached hydrogens (tertiary/aromatic N) is 1. The third-order valence-electron chi connectivity index (χ3n) is 3.47. The molecule has 23 heavy (non-hydrogen) atoms. The zero-order valence-electron chi connectivity index (χ0n) is 15.0. The maximum absolute atomic E-state index is 11.7. The van der Waals surface area contributed by atoms with Crippen molar-refractivity contribution in [1.29, 1.82) is 0 Å². The van der Waals surface area contributed by atoms with Gasteiger partial charge in [0.05, 0.1) is 15.0 Å². The average molecular weight is 317 g/mol. The quantitative estimate of drug-likeness (QED) is 0.635. The molecule has 0 amide bonds. The first kappa shape index (κ1) is 19.6. The Bertz CT molecular complexity index is 476. The van der Waals surface area contributed by atoms with Gasteiger partial charge in [-0.05, 0) is 71.4 Å². The number of carbonyl (C=O) groups is 1. The van der Waals surface area contributed by atoms with Crippen LogP contribution in [0.15, 0.2) is 24.3 Å². The normalized spacial score (nSPS) is 16.2. The van der Waals surface area contributed by atoms with E-state index < -0.39 is 17.4 Å². The lowest BCUT2D eigenvalue weighted by atomic mass is 9.81. The molecule has 1 heterocycles. The molecule has 1 fully saturated rings. The Hall–Kier alpha value is -1.49. The summed E-state index contributed by atoms with van der Waals surface area (Å²) in [4.78, 5) is 14.1. The molecule has 0 unspecified atom stereocenters. The second-order valence-corrected chi connectivity index (χ2v) is 6.79. The van der Waals surface area contributed by atoms with Crippen LogP contribution in [-0.4, -0.2) is 51.6 Å². The van der Waals surface area contributed by atoms with Gasteiger partial charge in [0.2, 0.25) is 0 Å². The van der Waals surface area contributed by atoms with E-state index in [1.54, 1.807) is 31.4 Å². The Labute approximate surface area is 141 Å². The molecule has 1 aliphatic heterocycles. The molecule has 1 aromatic carbocycles. The first-order valence-corrected chi connectivity index (χ1v) is 8.04. The zero-order valence-corrected chi connectivity index (χ0v) is 15.0. The van der Waals surface area contributed by atoms with E-state index in [2.05, 4.69) is 11.9 Å². The minimum absolute atomic E-state index is 0.428. The van der Waals surface area contributed by atoms with Crippen molar-refractivity contribution in [2.45, 2.75) is 45.0 Å². The monoisotopic (exact) mass is 317 g/mol. The van der Waals surface area contributed by atoms with E-state index in [4.69, 9.17) is 17.3 Å². The number of methoxy groups -OCH3 is 1. The molecule has 2 rings (SSSR count). The summed E-state index contributed by atoms with van der Waals surface area (Å²) >= 11 is 0.